The summed E-state index contributed by atoms with van der Waals surface area (Å²) in [6.07, 6.45) is 1.66. The van der Waals surface area contributed by atoms with E-state index in [0.29, 0.717) is 0 Å². The third-order valence-electron chi connectivity index (χ3n) is 0.0833. The molecule has 0 aromatic rings. The Morgan fingerprint density at radius 1 is 2.00 bits per heavy atom. The van der Waals surface area contributed by atoms with Crippen LogP contribution in [0.3, 0.4) is 0 Å². The SMILES string of the molecule is C=C[C]#[W]. The molecule has 0 aromatic carbocycles. The molecule has 0 aliphatic carbocycles. The minimum absolute atomic E-state index is 1.34. The number of hydrogen-bond acceptors (Lipinski definition) is 0. The van der Waals surface area contributed by atoms with Crippen LogP contribution in [0.1, 0.15) is 0 Å². The van der Waals surface area contributed by atoms with Crippen LogP contribution in [0.25, 0.3) is 0 Å². The second-order valence-corrected chi connectivity index (χ2v) is 1.17. The molecule has 4 heavy (non-hydrogen) atoms. The van der Waals surface area contributed by atoms with Gasteiger partial charge in [-0.15, -0.1) is 0 Å². The topological polar surface area (TPSA) is 0 Å². The van der Waals surface area contributed by atoms with Gasteiger partial charge in [-0.3, -0.25) is 0 Å². The van der Waals surface area contributed by atoms with Crippen LogP contribution in [0.5, 0.6) is 0 Å². The van der Waals surface area contributed by atoms with E-state index in [-0.39, 0.29) is 0 Å². The average Bonchev–Trinajstić information content (AvgIpc) is 1.37. The molecule has 0 fully saturated rings. The Morgan fingerprint density at radius 3 is 2.25 bits per heavy atom. The molecule has 0 bridgehead atoms. The van der Waals surface area contributed by atoms with Crippen LogP contribution in [-0.2, 0) is 19.2 Å². The summed E-state index contributed by atoms with van der Waals surface area (Å²) in [5.74, 6) is 0. The minimum atomic E-state index is 1.34. The molecular weight excluding hydrogens is 220 g/mol. The predicted molar refractivity (Wildman–Crippen MR) is 14.1 cm³/mol. The van der Waals surface area contributed by atoms with Gasteiger partial charge in [0.05, 0.1) is 0 Å². The summed E-state index contributed by atoms with van der Waals surface area (Å²) in [5.41, 5.74) is 0. The monoisotopic (exact) mass is 223 g/mol. The Labute approximate surface area is 36.5 Å². The normalized spacial score (nSPS) is 3.75. The average molecular weight is 223 g/mol. The van der Waals surface area contributed by atoms with E-state index in [1.807, 2.05) is 0 Å². The Balaban J connectivity index is 2.92. The molecule has 21 valence electrons. The standard InChI is InChI=1S/C3H3.W/c1-3-2;/h3H,1H2;. The van der Waals surface area contributed by atoms with Crippen molar-refractivity contribution < 1.29 is 19.2 Å². The van der Waals surface area contributed by atoms with Gasteiger partial charge in [-0.05, 0) is 0 Å². The van der Waals surface area contributed by atoms with E-state index in [1.165, 1.54) is 19.2 Å². The van der Waals surface area contributed by atoms with Crippen molar-refractivity contribution in [2.24, 2.45) is 0 Å². The molecule has 0 saturated heterocycles. The number of rotatable bonds is 0. The van der Waals surface area contributed by atoms with Gasteiger partial charge in [0.1, 0.15) is 0 Å². The zero-order valence-corrected chi connectivity index (χ0v) is 5.13. The van der Waals surface area contributed by atoms with Gasteiger partial charge in [-0.2, -0.15) is 0 Å². The molecule has 0 aliphatic rings. The van der Waals surface area contributed by atoms with Gasteiger partial charge in [0, 0.05) is 0 Å². The van der Waals surface area contributed by atoms with Crippen molar-refractivity contribution in [3.8, 4) is 4.20 Å². The molecule has 0 atom stereocenters. The Bertz CT molecular complexity index is 48.8. The molecule has 0 saturated carbocycles. The molecule has 0 amide bonds. The van der Waals surface area contributed by atoms with Crippen molar-refractivity contribution in [3.63, 3.8) is 0 Å². The van der Waals surface area contributed by atoms with Crippen molar-refractivity contribution in [3.05, 3.63) is 12.7 Å². The van der Waals surface area contributed by atoms with Crippen LogP contribution in [-0.4, -0.2) is 0 Å². The van der Waals surface area contributed by atoms with Crippen molar-refractivity contribution >= 4 is 0 Å². The molecule has 0 unspecified atom stereocenters. The van der Waals surface area contributed by atoms with Gasteiger partial charge in [0.25, 0.3) is 0 Å². The first-order valence-electron chi connectivity index (χ1n) is 0.901. The molecule has 1 heteroatoms. The van der Waals surface area contributed by atoms with Crippen molar-refractivity contribution in [1.82, 2.24) is 0 Å². The van der Waals surface area contributed by atoms with E-state index in [4.69, 9.17) is 0 Å². The van der Waals surface area contributed by atoms with Crippen LogP contribution >= 0.6 is 0 Å². The first-order chi connectivity index (χ1) is 1.91. The summed E-state index contributed by atoms with van der Waals surface area (Å²) < 4.78 is 2.78. The second kappa shape index (κ2) is 3.21. The fourth-order valence-electron chi connectivity index (χ4n) is 0. The molecule has 0 aliphatic heterocycles. The molecule has 0 radical (unpaired) electrons. The summed E-state index contributed by atoms with van der Waals surface area (Å²) in [5, 5.41) is 0. The summed E-state index contributed by atoms with van der Waals surface area (Å²) in [4.78, 5) is 0. The zero-order valence-electron chi connectivity index (χ0n) is 2.19. The van der Waals surface area contributed by atoms with Gasteiger partial charge in [-0.25, -0.2) is 0 Å². The fourth-order valence-corrected chi connectivity index (χ4v) is 0. The van der Waals surface area contributed by atoms with Gasteiger partial charge in [0.2, 0.25) is 0 Å². The molecule has 0 N–H and O–H groups in total. The van der Waals surface area contributed by atoms with Gasteiger partial charge >= 0.3 is 36.0 Å². The predicted octanol–water partition coefficient (Wildman–Crippen LogP) is 0.678. The molecule has 0 nitrogen and oxygen atoms in total. The maximum absolute atomic E-state index is 3.39. The van der Waals surface area contributed by atoms with E-state index in [1.54, 1.807) is 6.08 Å². The first-order valence-corrected chi connectivity index (χ1v) is 2.37. The van der Waals surface area contributed by atoms with Crippen LogP contribution in [0.2, 0.25) is 0 Å². The van der Waals surface area contributed by atoms with Gasteiger partial charge < -0.3 is 0 Å². The van der Waals surface area contributed by atoms with E-state index in [9.17, 15) is 0 Å². The second-order valence-electron chi connectivity index (χ2n) is 0.322. The zero-order chi connectivity index (χ0) is 3.41. The van der Waals surface area contributed by atoms with Crippen molar-refractivity contribution in [2.45, 2.75) is 0 Å². The summed E-state index contributed by atoms with van der Waals surface area (Å²) in [7, 11) is 0. The molecule has 0 rings (SSSR count). The van der Waals surface area contributed by atoms with E-state index in [0.717, 1.165) is 0 Å². The van der Waals surface area contributed by atoms with Crippen molar-refractivity contribution in [1.29, 1.82) is 0 Å². The summed E-state index contributed by atoms with van der Waals surface area (Å²) >= 11 is 1.34. The van der Waals surface area contributed by atoms with Gasteiger partial charge in [0.15, 0.2) is 0 Å². The van der Waals surface area contributed by atoms with E-state index in [2.05, 4.69) is 10.8 Å². The Kier molecular flexibility index (Phi) is 3.38. The Morgan fingerprint density at radius 2 is 2.25 bits per heavy atom. The third kappa shape index (κ3) is 2.21. The third-order valence-corrected chi connectivity index (χ3v) is 0.682. The van der Waals surface area contributed by atoms with Gasteiger partial charge in [-0.1, -0.05) is 0 Å². The summed E-state index contributed by atoms with van der Waals surface area (Å²) in [6.45, 7) is 3.39. The number of allylic oxidation sites excluding steroid dienone is 1. The maximum atomic E-state index is 3.39. The van der Waals surface area contributed by atoms with E-state index >= 15 is 0 Å². The molecule has 0 aromatic heterocycles. The quantitative estimate of drug-likeness (QED) is 0.566. The van der Waals surface area contributed by atoms with E-state index < -0.39 is 0 Å². The van der Waals surface area contributed by atoms with Crippen LogP contribution in [0.4, 0.5) is 0 Å². The first kappa shape index (κ1) is 4.21. The van der Waals surface area contributed by atoms with Crippen LogP contribution < -0.4 is 0 Å². The number of hydrogen-bond donors (Lipinski definition) is 0. The van der Waals surface area contributed by atoms with Crippen molar-refractivity contribution in [2.75, 3.05) is 0 Å². The molecular formula is C3H3W. The molecule has 0 spiro atoms. The fraction of sp³-hybridized carbons (Fsp3) is 0. The molecule has 0 heterocycles. The van der Waals surface area contributed by atoms with Crippen LogP contribution in [0, 0.1) is 4.20 Å². The Hall–Kier alpha value is 0.208. The van der Waals surface area contributed by atoms with Crippen LogP contribution in [0.15, 0.2) is 12.7 Å². The summed E-state index contributed by atoms with van der Waals surface area (Å²) in [6, 6.07) is 0.